The van der Waals surface area contributed by atoms with E-state index < -0.39 is 62.4 Å². The lowest BCUT2D eigenvalue weighted by Gasteiger charge is -2.23. The van der Waals surface area contributed by atoms with E-state index in [9.17, 15) is 35.2 Å². The summed E-state index contributed by atoms with van der Waals surface area (Å²) in [5.41, 5.74) is 3.43. The Labute approximate surface area is 197 Å². The van der Waals surface area contributed by atoms with E-state index in [1.807, 2.05) is 0 Å². The highest BCUT2D eigenvalue weighted by Crippen LogP contribution is 2.60. The predicted octanol–water partition coefficient (Wildman–Crippen LogP) is 2.43. The fourth-order valence-electron chi connectivity index (χ4n) is 4.35. The minimum Gasteiger partial charge on any atom is -0.483 e. The molecule has 1 aromatic carbocycles. The van der Waals surface area contributed by atoms with Gasteiger partial charge in [0.05, 0.1) is 15.9 Å². The van der Waals surface area contributed by atoms with Gasteiger partial charge < -0.3 is 15.4 Å². The third-order valence-corrected chi connectivity index (χ3v) is 7.31. The van der Waals surface area contributed by atoms with E-state index in [2.05, 4.69) is 9.97 Å². The van der Waals surface area contributed by atoms with Gasteiger partial charge in [0.15, 0.2) is 16.4 Å². The van der Waals surface area contributed by atoms with Crippen molar-refractivity contribution in [2.24, 2.45) is 5.73 Å². The molecule has 0 bridgehead atoms. The molecule has 2 fully saturated rings. The van der Waals surface area contributed by atoms with Crippen LogP contribution in [0.3, 0.4) is 0 Å². The van der Waals surface area contributed by atoms with E-state index >= 15 is 0 Å². The van der Waals surface area contributed by atoms with Gasteiger partial charge >= 0.3 is 6.18 Å². The number of nitrogens with zero attached hydrogens (tertiary/aromatic N) is 3. The van der Waals surface area contributed by atoms with E-state index in [1.165, 1.54) is 11.1 Å². The van der Waals surface area contributed by atoms with Crippen LogP contribution in [0.15, 0.2) is 35.4 Å². The van der Waals surface area contributed by atoms with Crippen LogP contribution in [0.4, 0.5) is 22.0 Å². The number of hydrogen-bond donors (Lipinski definition) is 1. The number of ether oxygens (including phenoxy) is 1. The summed E-state index contributed by atoms with van der Waals surface area (Å²) in [6.07, 6.45) is -2.33. The predicted molar refractivity (Wildman–Crippen MR) is 112 cm³/mol. The second-order valence-corrected chi connectivity index (χ2v) is 11.1. The SMILES string of the molecule is CC(F)(F)c1ccnc(C23CN(C(=O)c4cc(S(C)(=O)=O)ccc4OCC(F)(F)F)CC2(N)C3)n1. The maximum absolute atomic E-state index is 13.8. The number of halogens is 5. The fourth-order valence-corrected chi connectivity index (χ4v) is 5.00. The molecule has 2 unspecified atom stereocenters. The molecule has 2 N–H and O–H groups in total. The van der Waals surface area contributed by atoms with Crippen LogP contribution in [0.5, 0.6) is 5.75 Å². The van der Waals surface area contributed by atoms with Gasteiger partial charge in [0.1, 0.15) is 17.3 Å². The number of carbonyl (C=O) groups is 1. The number of benzene rings is 1. The molecule has 4 rings (SSSR count). The van der Waals surface area contributed by atoms with Crippen LogP contribution in [0.2, 0.25) is 0 Å². The lowest BCUT2D eigenvalue weighted by molar-refractivity contribution is -0.153. The number of alkyl halides is 5. The maximum atomic E-state index is 13.8. The molecule has 8 nitrogen and oxygen atoms in total. The van der Waals surface area contributed by atoms with Crippen LogP contribution < -0.4 is 10.5 Å². The third-order valence-electron chi connectivity index (χ3n) is 6.20. The number of hydrogen-bond acceptors (Lipinski definition) is 7. The van der Waals surface area contributed by atoms with Gasteiger partial charge in [0.25, 0.3) is 11.8 Å². The summed E-state index contributed by atoms with van der Waals surface area (Å²) in [6, 6.07) is 4.03. The van der Waals surface area contributed by atoms with Gasteiger partial charge in [0, 0.05) is 38.0 Å². The summed E-state index contributed by atoms with van der Waals surface area (Å²) in [6.45, 7) is -1.17. The quantitative estimate of drug-likeness (QED) is 0.582. The van der Waals surface area contributed by atoms with Crippen molar-refractivity contribution in [1.29, 1.82) is 0 Å². The second-order valence-electron chi connectivity index (χ2n) is 9.06. The van der Waals surface area contributed by atoms with Crippen molar-refractivity contribution in [1.82, 2.24) is 14.9 Å². The van der Waals surface area contributed by atoms with E-state index in [0.29, 0.717) is 13.3 Å². The summed E-state index contributed by atoms with van der Waals surface area (Å²) < 4.78 is 94.4. The minimum absolute atomic E-state index is 0.0350. The van der Waals surface area contributed by atoms with Crippen molar-refractivity contribution in [2.45, 2.75) is 41.3 Å². The first-order chi connectivity index (χ1) is 16.0. The van der Waals surface area contributed by atoms with Crippen LogP contribution in [-0.4, -0.2) is 66.9 Å². The molecule has 0 radical (unpaired) electrons. The normalized spacial score (nSPS) is 24.3. The molecule has 1 saturated heterocycles. The number of aromatic nitrogens is 2. The second kappa shape index (κ2) is 7.82. The highest BCUT2D eigenvalue weighted by atomic mass is 32.2. The van der Waals surface area contributed by atoms with Gasteiger partial charge in [0.2, 0.25) is 0 Å². The topological polar surface area (TPSA) is 115 Å². The minimum atomic E-state index is -4.69. The summed E-state index contributed by atoms with van der Waals surface area (Å²) in [4.78, 5) is 22.3. The number of nitrogens with two attached hydrogens (primary N) is 1. The molecular formula is C21H21F5N4O4S. The first kappa shape index (κ1) is 25.2. The molecule has 1 saturated carbocycles. The maximum Gasteiger partial charge on any atom is 0.422 e. The van der Waals surface area contributed by atoms with E-state index in [4.69, 9.17) is 10.5 Å². The Balaban J connectivity index is 1.67. The lowest BCUT2D eigenvalue weighted by Crippen LogP contribution is -2.37. The molecule has 2 aliphatic rings. The van der Waals surface area contributed by atoms with Crippen LogP contribution >= 0.6 is 0 Å². The van der Waals surface area contributed by atoms with Crippen molar-refractivity contribution in [3.8, 4) is 5.75 Å². The third kappa shape index (κ3) is 4.68. The number of rotatable bonds is 6. The van der Waals surface area contributed by atoms with Crippen molar-refractivity contribution in [3.63, 3.8) is 0 Å². The summed E-state index contributed by atoms with van der Waals surface area (Å²) in [7, 11) is -3.79. The standard InChI is InChI=1S/C21H21F5N4O4S/c1-18(22,23)15-5-6-28-17(29-15)19-8-20(19,27)10-30(9-19)16(31)13-7-12(35(2,32)33)3-4-14(13)34-11-21(24,25)26/h3-7H,8-11,27H2,1-2H3. The van der Waals surface area contributed by atoms with Gasteiger partial charge in [-0.25, -0.2) is 18.4 Å². The molecule has 2 aromatic rings. The Morgan fingerprint density at radius 1 is 1.20 bits per heavy atom. The van der Waals surface area contributed by atoms with Gasteiger partial charge in [-0.2, -0.15) is 22.0 Å². The Hall–Kier alpha value is -2.87. The number of amides is 1. The van der Waals surface area contributed by atoms with Crippen LogP contribution in [-0.2, 0) is 21.2 Å². The molecule has 0 spiro atoms. The van der Waals surface area contributed by atoms with Crippen molar-refractivity contribution in [2.75, 3.05) is 26.0 Å². The Bertz CT molecular complexity index is 1300. The summed E-state index contributed by atoms with van der Waals surface area (Å²) in [5, 5.41) is 0. The number of sulfone groups is 1. The number of piperidine rings is 1. The molecule has 1 aromatic heterocycles. The average Bonchev–Trinajstić information content (AvgIpc) is 3.22. The van der Waals surface area contributed by atoms with Crippen LogP contribution in [0.25, 0.3) is 0 Å². The smallest absolute Gasteiger partial charge is 0.422 e. The molecule has 35 heavy (non-hydrogen) atoms. The molecule has 1 aliphatic carbocycles. The fraction of sp³-hybridized carbons (Fsp3) is 0.476. The lowest BCUT2D eigenvalue weighted by atomic mass is 10.0. The number of carbonyl (C=O) groups excluding carboxylic acids is 1. The highest BCUT2D eigenvalue weighted by molar-refractivity contribution is 7.90. The molecule has 2 atom stereocenters. The van der Waals surface area contributed by atoms with E-state index in [1.54, 1.807) is 0 Å². The molecule has 190 valence electrons. The van der Waals surface area contributed by atoms with E-state index in [0.717, 1.165) is 30.5 Å². The Kier molecular flexibility index (Phi) is 5.63. The van der Waals surface area contributed by atoms with Crippen LogP contribution in [0.1, 0.15) is 35.2 Å². The zero-order valence-electron chi connectivity index (χ0n) is 18.6. The first-order valence-corrected chi connectivity index (χ1v) is 12.2. The zero-order chi connectivity index (χ0) is 26.0. The van der Waals surface area contributed by atoms with E-state index in [-0.39, 0.29) is 23.8 Å². The number of fused-ring (bicyclic) bond motifs is 1. The first-order valence-electron chi connectivity index (χ1n) is 10.3. The molecular weight excluding hydrogens is 499 g/mol. The Morgan fingerprint density at radius 3 is 2.49 bits per heavy atom. The van der Waals surface area contributed by atoms with Gasteiger partial charge in [-0.05, 0) is 30.7 Å². The van der Waals surface area contributed by atoms with Crippen molar-refractivity contribution >= 4 is 15.7 Å². The molecule has 14 heteroatoms. The molecule has 1 aliphatic heterocycles. The summed E-state index contributed by atoms with van der Waals surface area (Å²) >= 11 is 0. The van der Waals surface area contributed by atoms with Crippen molar-refractivity contribution in [3.05, 3.63) is 47.5 Å². The average molecular weight is 520 g/mol. The van der Waals surface area contributed by atoms with Crippen LogP contribution in [0, 0.1) is 0 Å². The van der Waals surface area contributed by atoms with Crippen molar-refractivity contribution < 1.29 is 39.9 Å². The van der Waals surface area contributed by atoms with Gasteiger partial charge in [-0.3, -0.25) is 4.79 Å². The monoisotopic (exact) mass is 520 g/mol. The van der Waals surface area contributed by atoms with Gasteiger partial charge in [-0.1, -0.05) is 0 Å². The molecule has 2 heterocycles. The molecule has 1 amide bonds. The summed E-state index contributed by atoms with van der Waals surface area (Å²) in [5.74, 6) is -4.47. The highest BCUT2D eigenvalue weighted by Gasteiger charge is 2.73. The number of likely N-dealkylation sites (tertiary alicyclic amines) is 1. The Morgan fingerprint density at radius 2 is 1.89 bits per heavy atom. The zero-order valence-corrected chi connectivity index (χ0v) is 19.4. The largest absolute Gasteiger partial charge is 0.483 e. The van der Waals surface area contributed by atoms with Gasteiger partial charge in [-0.15, -0.1) is 0 Å².